The zero-order valence-electron chi connectivity index (χ0n) is 8.85. The fraction of sp³-hybridized carbons (Fsp3) is 0.364. The average molecular weight is 227 g/mol. The average Bonchev–Trinajstić information content (AvgIpc) is 2.22. The Morgan fingerprint density at radius 2 is 2.19 bits per heavy atom. The Labute approximate surface area is 92.5 Å². The number of hydrogen-bond acceptors (Lipinski definition) is 4. The van der Waals surface area contributed by atoms with Crippen LogP contribution in [-0.4, -0.2) is 28.1 Å². The summed E-state index contributed by atoms with van der Waals surface area (Å²) < 4.78 is 13.0. The number of carbonyl (C=O) groups is 1. The number of benzene rings is 1. The van der Waals surface area contributed by atoms with Crippen molar-refractivity contribution in [2.24, 2.45) is 5.73 Å². The van der Waals surface area contributed by atoms with Gasteiger partial charge in [0.25, 0.3) is 0 Å². The lowest BCUT2D eigenvalue weighted by atomic mass is 10.00. The third-order valence-corrected chi connectivity index (χ3v) is 2.31. The molecule has 0 bridgehead atoms. The van der Waals surface area contributed by atoms with Gasteiger partial charge >= 0.3 is 0 Å². The van der Waals surface area contributed by atoms with Crippen LogP contribution in [0.4, 0.5) is 4.39 Å². The second-order valence-electron chi connectivity index (χ2n) is 3.71. The second kappa shape index (κ2) is 5.05. The quantitative estimate of drug-likeness (QED) is 0.693. The maximum absolute atomic E-state index is 13.0. The fourth-order valence-corrected chi connectivity index (χ4v) is 1.36. The smallest absolute Gasteiger partial charge is 0.165 e. The number of rotatable bonds is 4. The molecule has 0 aliphatic carbocycles. The number of phenols is 1. The van der Waals surface area contributed by atoms with Crippen LogP contribution in [0.15, 0.2) is 18.2 Å². The molecular weight excluding hydrogens is 213 g/mol. The predicted octanol–water partition coefficient (Wildman–Crippen LogP) is 0.351. The van der Waals surface area contributed by atoms with Crippen molar-refractivity contribution in [1.29, 1.82) is 0 Å². The second-order valence-corrected chi connectivity index (χ2v) is 3.71. The largest absolute Gasteiger partial charge is 0.505 e. The summed E-state index contributed by atoms with van der Waals surface area (Å²) >= 11 is 0. The molecule has 0 saturated carbocycles. The maximum atomic E-state index is 13.0. The van der Waals surface area contributed by atoms with Crippen molar-refractivity contribution >= 4 is 5.78 Å². The number of ketones is 1. The van der Waals surface area contributed by atoms with Gasteiger partial charge in [-0.3, -0.25) is 4.79 Å². The summed E-state index contributed by atoms with van der Waals surface area (Å²) in [6, 6.07) is 3.05. The number of aliphatic hydroxyl groups is 1. The van der Waals surface area contributed by atoms with E-state index < -0.39 is 29.5 Å². The van der Waals surface area contributed by atoms with Crippen molar-refractivity contribution in [3.63, 3.8) is 0 Å². The third-order valence-electron chi connectivity index (χ3n) is 2.31. The van der Waals surface area contributed by atoms with Crippen molar-refractivity contribution in [1.82, 2.24) is 0 Å². The lowest BCUT2D eigenvalue weighted by Crippen LogP contribution is -2.41. The van der Waals surface area contributed by atoms with Gasteiger partial charge in [0.1, 0.15) is 6.10 Å². The lowest BCUT2D eigenvalue weighted by Gasteiger charge is -2.16. The Morgan fingerprint density at radius 3 is 2.69 bits per heavy atom. The van der Waals surface area contributed by atoms with Crippen LogP contribution in [-0.2, 0) is 11.2 Å². The van der Waals surface area contributed by atoms with Crippen LogP contribution in [0, 0.1) is 5.82 Å². The first-order valence-corrected chi connectivity index (χ1v) is 4.83. The normalized spacial score (nSPS) is 14.5. The molecule has 4 N–H and O–H groups in total. The number of aliphatic hydroxyl groups excluding tert-OH is 1. The lowest BCUT2D eigenvalue weighted by molar-refractivity contribution is -0.125. The highest BCUT2D eigenvalue weighted by atomic mass is 19.1. The molecule has 0 aliphatic rings. The van der Waals surface area contributed by atoms with E-state index in [0.29, 0.717) is 5.56 Å². The van der Waals surface area contributed by atoms with Crippen LogP contribution in [0.1, 0.15) is 12.5 Å². The standard InChI is InChI=1S/C11H14FNO3/c1-6(14)11(16)9(13)5-7-2-3-10(15)8(12)4-7/h2-4,9,11,15-16H,5,13H2,1H3. The predicted molar refractivity (Wildman–Crippen MR) is 56.4 cm³/mol. The Hall–Kier alpha value is -1.46. The van der Waals surface area contributed by atoms with E-state index in [-0.39, 0.29) is 6.42 Å². The molecule has 88 valence electrons. The fourth-order valence-electron chi connectivity index (χ4n) is 1.36. The van der Waals surface area contributed by atoms with Crippen LogP contribution < -0.4 is 5.73 Å². The summed E-state index contributed by atoms with van der Waals surface area (Å²) in [5, 5.41) is 18.3. The number of aromatic hydroxyl groups is 1. The third kappa shape index (κ3) is 3.01. The van der Waals surface area contributed by atoms with Gasteiger partial charge in [-0.25, -0.2) is 4.39 Å². The molecule has 0 aromatic heterocycles. The van der Waals surface area contributed by atoms with E-state index in [2.05, 4.69) is 0 Å². The summed E-state index contributed by atoms with van der Waals surface area (Å²) in [5.74, 6) is -1.61. The number of Topliss-reactive ketones (excluding diaryl/α,β-unsaturated/α-hetero) is 1. The van der Waals surface area contributed by atoms with Gasteiger partial charge in [0.05, 0.1) is 0 Å². The molecule has 4 nitrogen and oxygen atoms in total. The number of phenolic OH excluding ortho intramolecular Hbond substituents is 1. The van der Waals surface area contributed by atoms with Gasteiger partial charge in [0.15, 0.2) is 17.3 Å². The van der Waals surface area contributed by atoms with Gasteiger partial charge in [-0.15, -0.1) is 0 Å². The van der Waals surface area contributed by atoms with Crippen LogP contribution in [0.3, 0.4) is 0 Å². The molecule has 5 heteroatoms. The van der Waals surface area contributed by atoms with Gasteiger partial charge in [-0.1, -0.05) is 6.07 Å². The summed E-state index contributed by atoms with van der Waals surface area (Å²) in [6.45, 7) is 1.24. The molecule has 0 fully saturated rings. The van der Waals surface area contributed by atoms with Crippen molar-refractivity contribution in [2.45, 2.75) is 25.5 Å². The Balaban J connectivity index is 2.73. The monoisotopic (exact) mass is 227 g/mol. The Morgan fingerprint density at radius 1 is 1.56 bits per heavy atom. The van der Waals surface area contributed by atoms with E-state index in [1.54, 1.807) is 0 Å². The molecule has 0 aliphatic heterocycles. The first kappa shape index (κ1) is 12.6. The van der Waals surface area contributed by atoms with Crippen LogP contribution in [0.25, 0.3) is 0 Å². The molecule has 2 unspecified atom stereocenters. The zero-order chi connectivity index (χ0) is 12.3. The summed E-state index contributed by atoms with van der Waals surface area (Å²) in [4.78, 5) is 10.9. The van der Waals surface area contributed by atoms with E-state index in [1.807, 2.05) is 0 Å². The topological polar surface area (TPSA) is 83.5 Å². The highest BCUT2D eigenvalue weighted by molar-refractivity contribution is 5.80. The van der Waals surface area contributed by atoms with E-state index in [0.717, 1.165) is 6.07 Å². The number of nitrogens with two attached hydrogens (primary N) is 1. The molecule has 2 atom stereocenters. The Kier molecular flexibility index (Phi) is 3.98. The minimum Gasteiger partial charge on any atom is -0.505 e. The molecule has 0 heterocycles. The molecule has 0 radical (unpaired) electrons. The van der Waals surface area contributed by atoms with Gasteiger partial charge in [0, 0.05) is 6.04 Å². The minimum absolute atomic E-state index is 0.165. The Bertz CT molecular complexity index is 395. The summed E-state index contributed by atoms with van der Waals surface area (Å²) in [7, 11) is 0. The molecule has 1 aromatic carbocycles. The SMILES string of the molecule is CC(=O)C(O)C(N)Cc1ccc(O)c(F)c1. The minimum atomic E-state index is -1.25. The van der Waals surface area contributed by atoms with Gasteiger partial charge < -0.3 is 15.9 Å². The van der Waals surface area contributed by atoms with Gasteiger partial charge in [-0.2, -0.15) is 0 Å². The number of halogens is 1. The van der Waals surface area contributed by atoms with E-state index in [1.165, 1.54) is 19.1 Å². The van der Waals surface area contributed by atoms with E-state index in [4.69, 9.17) is 10.8 Å². The molecule has 0 amide bonds. The first-order valence-electron chi connectivity index (χ1n) is 4.83. The molecular formula is C11H14FNO3. The van der Waals surface area contributed by atoms with Crippen LogP contribution >= 0.6 is 0 Å². The first-order chi connectivity index (χ1) is 7.41. The highest BCUT2D eigenvalue weighted by Crippen LogP contribution is 2.17. The molecule has 1 aromatic rings. The van der Waals surface area contributed by atoms with Crippen molar-refractivity contribution in [2.75, 3.05) is 0 Å². The van der Waals surface area contributed by atoms with Crippen LogP contribution in [0.2, 0.25) is 0 Å². The van der Waals surface area contributed by atoms with Crippen molar-refractivity contribution in [3.8, 4) is 5.75 Å². The molecule has 0 saturated heterocycles. The summed E-state index contributed by atoms with van der Waals surface area (Å²) in [5.41, 5.74) is 6.10. The molecule has 1 rings (SSSR count). The maximum Gasteiger partial charge on any atom is 0.165 e. The molecule has 0 spiro atoms. The van der Waals surface area contributed by atoms with Crippen LogP contribution in [0.5, 0.6) is 5.75 Å². The number of carbonyl (C=O) groups excluding carboxylic acids is 1. The number of hydrogen-bond donors (Lipinski definition) is 3. The van der Waals surface area contributed by atoms with Crippen molar-refractivity contribution in [3.05, 3.63) is 29.6 Å². The molecule has 16 heavy (non-hydrogen) atoms. The highest BCUT2D eigenvalue weighted by Gasteiger charge is 2.19. The van der Waals surface area contributed by atoms with Gasteiger partial charge in [-0.05, 0) is 31.0 Å². The van der Waals surface area contributed by atoms with E-state index in [9.17, 15) is 14.3 Å². The van der Waals surface area contributed by atoms with E-state index >= 15 is 0 Å². The van der Waals surface area contributed by atoms with Gasteiger partial charge in [0.2, 0.25) is 0 Å². The summed E-state index contributed by atoms with van der Waals surface area (Å²) in [6.07, 6.45) is -1.09. The zero-order valence-corrected chi connectivity index (χ0v) is 8.85. The van der Waals surface area contributed by atoms with Crippen molar-refractivity contribution < 1.29 is 19.4 Å².